The SMILES string of the molecule is C=CCOC(=O)C1=C2[C@@H](OCCn3cc([Si](C)(C)C)nn3)CCC[C@@H]2[C@@H]2[C@@H](C(C)O[Si](C)(C)C(C)(C)C)C(=O)N12. The average molecular weight is 589 g/mol. The van der Waals surface area contributed by atoms with E-state index in [9.17, 15) is 9.59 Å². The normalized spacial score (nSPS) is 25.8. The maximum Gasteiger partial charge on any atom is 0.355 e. The monoisotopic (exact) mass is 588 g/mol. The van der Waals surface area contributed by atoms with Gasteiger partial charge in [-0.2, -0.15) is 0 Å². The molecule has 40 heavy (non-hydrogen) atoms. The van der Waals surface area contributed by atoms with E-state index in [2.05, 4.69) is 70.4 Å². The van der Waals surface area contributed by atoms with Crippen LogP contribution in [0.25, 0.3) is 0 Å². The summed E-state index contributed by atoms with van der Waals surface area (Å²) in [5.74, 6) is -0.751. The van der Waals surface area contributed by atoms with Crippen LogP contribution in [0.15, 0.2) is 30.1 Å². The fraction of sp³-hybridized carbons (Fsp3) is 0.724. The molecular formula is C29H48N4O5Si2. The largest absolute Gasteiger partial charge is 0.457 e. The van der Waals surface area contributed by atoms with E-state index in [-0.39, 0.29) is 47.6 Å². The van der Waals surface area contributed by atoms with E-state index in [0.717, 1.165) is 30.2 Å². The highest BCUT2D eigenvalue weighted by atomic mass is 28.4. The van der Waals surface area contributed by atoms with Crippen LogP contribution in [-0.4, -0.2) is 79.6 Å². The molecule has 4 rings (SSSR count). The summed E-state index contributed by atoms with van der Waals surface area (Å²) >= 11 is 0. The Hall–Kier alpha value is -2.09. The van der Waals surface area contributed by atoms with Gasteiger partial charge in [0.1, 0.15) is 20.4 Å². The van der Waals surface area contributed by atoms with Gasteiger partial charge >= 0.3 is 5.97 Å². The Balaban J connectivity index is 1.55. The van der Waals surface area contributed by atoms with Crippen molar-refractivity contribution < 1.29 is 23.5 Å². The lowest BCUT2D eigenvalue weighted by atomic mass is 9.71. The van der Waals surface area contributed by atoms with E-state index in [1.807, 2.05) is 17.8 Å². The zero-order chi connectivity index (χ0) is 29.6. The summed E-state index contributed by atoms with van der Waals surface area (Å²) in [5, 5.41) is 9.76. The fourth-order valence-electron chi connectivity index (χ4n) is 5.94. The molecule has 1 saturated heterocycles. The molecule has 1 aromatic heterocycles. The third-order valence-electron chi connectivity index (χ3n) is 9.11. The smallest absolute Gasteiger partial charge is 0.355 e. The molecule has 0 radical (unpaired) electrons. The summed E-state index contributed by atoms with van der Waals surface area (Å²) in [6.45, 7) is 24.6. The highest BCUT2D eigenvalue weighted by Gasteiger charge is 2.63. The Morgan fingerprint density at radius 2 is 1.93 bits per heavy atom. The lowest BCUT2D eigenvalue weighted by Crippen LogP contribution is -2.65. The number of hydrogen-bond donors (Lipinski definition) is 0. The van der Waals surface area contributed by atoms with E-state index >= 15 is 0 Å². The molecule has 3 aliphatic rings. The minimum absolute atomic E-state index is 0.0379. The van der Waals surface area contributed by atoms with Gasteiger partial charge in [-0.25, -0.2) is 4.79 Å². The van der Waals surface area contributed by atoms with E-state index in [4.69, 9.17) is 13.9 Å². The lowest BCUT2D eigenvalue weighted by Gasteiger charge is -2.51. The first-order valence-electron chi connectivity index (χ1n) is 14.6. The Morgan fingerprint density at radius 1 is 1.23 bits per heavy atom. The minimum Gasteiger partial charge on any atom is -0.457 e. The molecule has 1 aliphatic carbocycles. The molecule has 2 fully saturated rings. The van der Waals surface area contributed by atoms with Crippen LogP contribution in [0.3, 0.4) is 0 Å². The van der Waals surface area contributed by atoms with Crippen molar-refractivity contribution in [1.82, 2.24) is 19.9 Å². The molecule has 0 spiro atoms. The zero-order valence-electron chi connectivity index (χ0n) is 25.8. The Morgan fingerprint density at radius 3 is 2.52 bits per heavy atom. The molecule has 1 saturated carbocycles. The second-order valence-corrected chi connectivity index (χ2v) is 23.8. The molecule has 11 heteroatoms. The quantitative estimate of drug-likeness (QED) is 0.165. The summed E-state index contributed by atoms with van der Waals surface area (Å²) in [7, 11) is -3.62. The second kappa shape index (κ2) is 11.3. The number of nitrogens with zero attached hydrogens (tertiary/aromatic N) is 4. The number of aromatic nitrogens is 3. The number of amides is 1. The van der Waals surface area contributed by atoms with Gasteiger partial charge < -0.3 is 18.8 Å². The maximum absolute atomic E-state index is 13.7. The average Bonchev–Trinajstić information content (AvgIpc) is 3.43. The Bertz CT molecular complexity index is 1170. The lowest BCUT2D eigenvalue weighted by molar-refractivity contribution is -0.164. The molecule has 1 unspecified atom stereocenters. The summed E-state index contributed by atoms with van der Waals surface area (Å²) in [6.07, 6.45) is 5.77. The van der Waals surface area contributed by atoms with Gasteiger partial charge in [0.2, 0.25) is 5.91 Å². The molecule has 1 aromatic rings. The Kier molecular flexibility index (Phi) is 8.72. The molecule has 0 aromatic carbocycles. The van der Waals surface area contributed by atoms with Crippen molar-refractivity contribution in [2.45, 2.75) is 110 Å². The van der Waals surface area contributed by atoms with Gasteiger partial charge in [0.25, 0.3) is 0 Å². The number of hydrogen-bond acceptors (Lipinski definition) is 7. The minimum atomic E-state index is -2.08. The number of ether oxygens (including phenoxy) is 2. The van der Waals surface area contributed by atoms with E-state index in [1.54, 1.807) is 11.0 Å². The summed E-state index contributed by atoms with van der Waals surface area (Å²) in [4.78, 5) is 28.7. The molecule has 5 atom stereocenters. The van der Waals surface area contributed by atoms with Crippen molar-refractivity contribution in [2.75, 3.05) is 13.2 Å². The van der Waals surface area contributed by atoms with E-state index in [1.165, 1.54) is 0 Å². The van der Waals surface area contributed by atoms with Crippen LogP contribution in [0.1, 0.15) is 47.0 Å². The number of β-lactam (4-membered cyclic amide) rings is 1. The van der Waals surface area contributed by atoms with Crippen LogP contribution >= 0.6 is 0 Å². The number of carbonyl (C=O) groups is 2. The van der Waals surface area contributed by atoms with Crippen molar-refractivity contribution in [3.63, 3.8) is 0 Å². The molecule has 0 N–H and O–H groups in total. The second-order valence-electron chi connectivity index (χ2n) is 14.0. The molecule has 3 heterocycles. The predicted octanol–water partition coefficient (Wildman–Crippen LogP) is 4.24. The van der Waals surface area contributed by atoms with Crippen LogP contribution in [0.5, 0.6) is 0 Å². The number of rotatable bonds is 11. The number of esters is 1. The number of carbonyl (C=O) groups excluding carboxylic acids is 2. The van der Waals surface area contributed by atoms with Gasteiger partial charge in [-0.05, 0) is 49.9 Å². The number of fused-ring (bicyclic) bond motifs is 3. The van der Waals surface area contributed by atoms with Crippen LogP contribution in [0, 0.1) is 11.8 Å². The van der Waals surface area contributed by atoms with Crippen LogP contribution in [0.4, 0.5) is 0 Å². The van der Waals surface area contributed by atoms with E-state index in [0.29, 0.717) is 18.8 Å². The summed E-state index contributed by atoms with van der Waals surface area (Å²) < 4.78 is 20.5. The maximum atomic E-state index is 13.7. The first kappa shape index (κ1) is 30.9. The highest BCUT2D eigenvalue weighted by molar-refractivity contribution is 6.88. The Labute approximate surface area is 241 Å². The summed E-state index contributed by atoms with van der Waals surface area (Å²) in [5.41, 5.74) is 1.30. The first-order valence-corrected chi connectivity index (χ1v) is 21.0. The third-order valence-corrected chi connectivity index (χ3v) is 15.4. The molecule has 0 bridgehead atoms. The van der Waals surface area contributed by atoms with Crippen LogP contribution in [0.2, 0.25) is 37.8 Å². The third kappa shape index (κ3) is 5.80. The molecule has 1 amide bonds. The molecular weight excluding hydrogens is 541 g/mol. The fourth-order valence-corrected chi connectivity index (χ4v) is 8.25. The van der Waals surface area contributed by atoms with Crippen molar-refractivity contribution in [3.05, 3.63) is 30.1 Å². The molecule has 2 aliphatic heterocycles. The van der Waals surface area contributed by atoms with Crippen molar-refractivity contribution in [1.29, 1.82) is 0 Å². The van der Waals surface area contributed by atoms with Crippen molar-refractivity contribution >= 4 is 33.6 Å². The first-order chi connectivity index (χ1) is 18.6. The topological polar surface area (TPSA) is 95.8 Å². The van der Waals surface area contributed by atoms with E-state index < -0.39 is 22.4 Å². The van der Waals surface area contributed by atoms with Crippen LogP contribution < -0.4 is 5.32 Å². The van der Waals surface area contributed by atoms with Gasteiger partial charge in [-0.1, -0.05) is 58.3 Å². The van der Waals surface area contributed by atoms with Crippen molar-refractivity contribution in [3.8, 4) is 0 Å². The molecule has 222 valence electrons. The van der Waals surface area contributed by atoms with Gasteiger partial charge in [0, 0.05) is 12.1 Å². The van der Waals surface area contributed by atoms with Gasteiger partial charge in [-0.3, -0.25) is 9.48 Å². The van der Waals surface area contributed by atoms with Gasteiger partial charge in [-0.15, -0.1) is 5.10 Å². The predicted molar refractivity (Wildman–Crippen MR) is 160 cm³/mol. The molecule has 9 nitrogen and oxygen atoms in total. The highest BCUT2D eigenvalue weighted by Crippen LogP contribution is 2.54. The van der Waals surface area contributed by atoms with Gasteiger partial charge in [0.05, 0.1) is 42.6 Å². The van der Waals surface area contributed by atoms with Gasteiger partial charge in [0.15, 0.2) is 8.32 Å². The van der Waals surface area contributed by atoms with Crippen LogP contribution in [-0.2, 0) is 30.0 Å². The summed E-state index contributed by atoms with van der Waals surface area (Å²) in [6, 6.07) is -0.102. The van der Waals surface area contributed by atoms with Crippen molar-refractivity contribution in [2.24, 2.45) is 11.8 Å². The zero-order valence-corrected chi connectivity index (χ0v) is 27.8. The standard InChI is InChI=1S/C29H48N4O5Si2/c1-11-16-37-28(35)26-24-20(25-23(27(34)33(25)26)19(2)38-40(9,10)29(3,4)5)13-12-14-21(24)36-17-15-32-18-22(30-31-32)39(6,7)8/h11,18-21,23,25H,1,12-17H2,2-10H3/t19?,20-,21-,23+,25+/m0/s1.